The van der Waals surface area contributed by atoms with Crippen molar-refractivity contribution in [2.24, 2.45) is 0 Å². The maximum Gasteiger partial charge on any atom is 0.251 e. The molecule has 118 valence electrons. The number of carbonyl (C=O) groups is 1. The number of aromatic nitrogens is 2. The first-order valence-corrected chi connectivity index (χ1v) is 7.23. The highest BCUT2D eigenvalue weighted by Gasteiger charge is 2.13. The van der Waals surface area contributed by atoms with Crippen LogP contribution >= 0.6 is 0 Å². The van der Waals surface area contributed by atoms with Gasteiger partial charge in [0.05, 0.1) is 20.3 Å². The molecule has 0 aliphatic carbocycles. The molecule has 0 aliphatic heterocycles. The molecule has 1 amide bonds. The first kappa shape index (κ1) is 15.9. The van der Waals surface area contributed by atoms with E-state index in [1.807, 2.05) is 26.1 Å². The second-order valence-corrected chi connectivity index (χ2v) is 4.90. The van der Waals surface area contributed by atoms with E-state index in [9.17, 15) is 4.79 Å². The zero-order chi connectivity index (χ0) is 15.9. The molecule has 0 saturated carbocycles. The molecule has 1 aromatic carbocycles. The van der Waals surface area contributed by atoms with Crippen LogP contribution in [0.15, 0.2) is 36.7 Å². The lowest BCUT2D eigenvalue weighted by Crippen LogP contribution is -2.35. The van der Waals surface area contributed by atoms with Crippen LogP contribution in [0.5, 0.6) is 11.5 Å². The maximum absolute atomic E-state index is 12.3. The lowest BCUT2D eigenvalue weighted by molar-refractivity contribution is 0.0935. The van der Waals surface area contributed by atoms with Crippen molar-refractivity contribution in [2.75, 3.05) is 13.7 Å². The normalized spacial score (nSPS) is 11.8. The van der Waals surface area contributed by atoms with Crippen LogP contribution in [0, 0.1) is 0 Å². The summed E-state index contributed by atoms with van der Waals surface area (Å²) >= 11 is 0. The number of hydrogen-bond acceptors (Lipinski definition) is 4. The highest BCUT2D eigenvalue weighted by molar-refractivity contribution is 5.95. The predicted molar refractivity (Wildman–Crippen MR) is 83.3 cm³/mol. The van der Waals surface area contributed by atoms with Gasteiger partial charge in [0.25, 0.3) is 5.91 Å². The van der Waals surface area contributed by atoms with Gasteiger partial charge in [0.15, 0.2) is 11.5 Å². The van der Waals surface area contributed by atoms with Crippen molar-refractivity contribution in [3.8, 4) is 11.5 Å². The number of benzene rings is 1. The van der Waals surface area contributed by atoms with Gasteiger partial charge in [0.1, 0.15) is 0 Å². The van der Waals surface area contributed by atoms with E-state index >= 15 is 0 Å². The minimum atomic E-state index is -0.150. The molecule has 1 atom stereocenters. The van der Waals surface area contributed by atoms with E-state index in [1.54, 1.807) is 36.2 Å². The van der Waals surface area contributed by atoms with Crippen LogP contribution in [0.2, 0.25) is 0 Å². The second kappa shape index (κ2) is 7.49. The summed E-state index contributed by atoms with van der Waals surface area (Å²) < 4.78 is 12.5. The Balaban J connectivity index is 2.03. The summed E-state index contributed by atoms with van der Waals surface area (Å²) in [6.45, 7) is 4.95. The molecule has 1 aromatic heterocycles. The summed E-state index contributed by atoms with van der Waals surface area (Å²) in [5.74, 6) is 1.03. The molecule has 0 radical (unpaired) electrons. The topological polar surface area (TPSA) is 65.4 Å². The highest BCUT2D eigenvalue weighted by atomic mass is 16.5. The lowest BCUT2D eigenvalue weighted by atomic mass is 10.1. The van der Waals surface area contributed by atoms with E-state index in [-0.39, 0.29) is 11.9 Å². The fourth-order valence-electron chi connectivity index (χ4n) is 2.13. The van der Waals surface area contributed by atoms with Gasteiger partial charge in [-0.25, -0.2) is 0 Å². The number of methoxy groups -OCH3 is 1. The third kappa shape index (κ3) is 4.00. The molecule has 2 aromatic rings. The van der Waals surface area contributed by atoms with Crippen LogP contribution in [0.3, 0.4) is 0 Å². The SMILES string of the molecule is CCOc1cc(C(=O)N[C@H](C)Cn2cccn2)ccc1OC. The van der Waals surface area contributed by atoms with Crippen molar-refractivity contribution in [3.05, 3.63) is 42.2 Å². The Hall–Kier alpha value is -2.50. The third-order valence-electron chi connectivity index (χ3n) is 3.12. The molecule has 0 spiro atoms. The van der Waals surface area contributed by atoms with Crippen molar-refractivity contribution in [1.29, 1.82) is 0 Å². The fourth-order valence-corrected chi connectivity index (χ4v) is 2.13. The smallest absolute Gasteiger partial charge is 0.251 e. The van der Waals surface area contributed by atoms with E-state index in [4.69, 9.17) is 9.47 Å². The van der Waals surface area contributed by atoms with E-state index in [1.165, 1.54) is 0 Å². The Morgan fingerprint density at radius 1 is 1.41 bits per heavy atom. The molecular weight excluding hydrogens is 282 g/mol. The molecule has 0 fully saturated rings. The minimum absolute atomic E-state index is 0.0370. The van der Waals surface area contributed by atoms with Gasteiger partial charge in [-0.05, 0) is 38.1 Å². The molecule has 6 nitrogen and oxygen atoms in total. The van der Waals surface area contributed by atoms with Gasteiger partial charge < -0.3 is 14.8 Å². The van der Waals surface area contributed by atoms with Crippen molar-refractivity contribution < 1.29 is 14.3 Å². The predicted octanol–water partition coefficient (Wildman–Crippen LogP) is 2.11. The van der Waals surface area contributed by atoms with Gasteiger partial charge in [-0.2, -0.15) is 5.10 Å². The molecule has 0 aliphatic rings. The Bertz CT molecular complexity index is 611. The number of amides is 1. The molecular formula is C16H21N3O3. The van der Waals surface area contributed by atoms with Gasteiger partial charge >= 0.3 is 0 Å². The average Bonchev–Trinajstić information content (AvgIpc) is 3.00. The Labute approximate surface area is 130 Å². The molecule has 1 N–H and O–H groups in total. The lowest BCUT2D eigenvalue weighted by Gasteiger charge is -2.15. The van der Waals surface area contributed by atoms with Gasteiger partial charge in [0, 0.05) is 24.0 Å². The number of nitrogens with zero attached hydrogens (tertiary/aromatic N) is 2. The molecule has 22 heavy (non-hydrogen) atoms. The van der Waals surface area contributed by atoms with Crippen molar-refractivity contribution in [2.45, 2.75) is 26.4 Å². The van der Waals surface area contributed by atoms with Gasteiger partial charge in [-0.3, -0.25) is 9.48 Å². The zero-order valence-corrected chi connectivity index (χ0v) is 13.1. The Kier molecular flexibility index (Phi) is 5.41. The van der Waals surface area contributed by atoms with Crippen LogP contribution in [0.25, 0.3) is 0 Å². The summed E-state index contributed by atoms with van der Waals surface area (Å²) in [5, 5.41) is 7.07. The van der Waals surface area contributed by atoms with E-state index < -0.39 is 0 Å². The molecule has 0 bridgehead atoms. The average molecular weight is 303 g/mol. The van der Waals surface area contributed by atoms with Gasteiger partial charge in [-0.15, -0.1) is 0 Å². The molecule has 6 heteroatoms. The van der Waals surface area contributed by atoms with Crippen molar-refractivity contribution in [3.63, 3.8) is 0 Å². The Morgan fingerprint density at radius 3 is 2.86 bits per heavy atom. The number of nitrogens with one attached hydrogen (secondary N) is 1. The minimum Gasteiger partial charge on any atom is -0.493 e. The van der Waals surface area contributed by atoms with E-state index in [0.29, 0.717) is 30.2 Å². The second-order valence-electron chi connectivity index (χ2n) is 4.90. The molecule has 2 rings (SSSR count). The Morgan fingerprint density at radius 2 is 2.23 bits per heavy atom. The van der Waals surface area contributed by atoms with Gasteiger partial charge in [-0.1, -0.05) is 0 Å². The number of carbonyl (C=O) groups excluding carboxylic acids is 1. The van der Waals surface area contributed by atoms with Crippen LogP contribution in [-0.4, -0.2) is 35.4 Å². The summed E-state index contributed by atoms with van der Waals surface area (Å²) in [7, 11) is 1.57. The molecule has 0 unspecified atom stereocenters. The van der Waals surface area contributed by atoms with Crippen molar-refractivity contribution >= 4 is 5.91 Å². The van der Waals surface area contributed by atoms with Crippen LogP contribution < -0.4 is 14.8 Å². The van der Waals surface area contributed by atoms with E-state index in [2.05, 4.69) is 10.4 Å². The quantitative estimate of drug-likeness (QED) is 0.851. The standard InChI is InChI=1S/C16H21N3O3/c1-4-22-15-10-13(6-7-14(15)21-3)16(20)18-12(2)11-19-9-5-8-17-19/h5-10,12H,4,11H2,1-3H3,(H,18,20)/t12-/m1/s1. The summed E-state index contributed by atoms with van der Waals surface area (Å²) in [4.78, 5) is 12.3. The largest absolute Gasteiger partial charge is 0.493 e. The highest BCUT2D eigenvalue weighted by Crippen LogP contribution is 2.28. The van der Waals surface area contributed by atoms with Gasteiger partial charge in [0.2, 0.25) is 0 Å². The van der Waals surface area contributed by atoms with Crippen LogP contribution in [-0.2, 0) is 6.54 Å². The molecule has 1 heterocycles. The summed E-state index contributed by atoms with van der Waals surface area (Å²) in [6, 6.07) is 6.96. The zero-order valence-electron chi connectivity index (χ0n) is 13.1. The monoisotopic (exact) mass is 303 g/mol. The fraction of sp³-hybridized carbons (Fsp3) is 0.375. The summed E-state index contributed by atoms with van der Waals surface area (Å²) in [5.41, 5.74) is 0.538. The number of ether oxygens (including phenoxy) is 2. The molecule has 0 saturated heterocycles. The summed E-state index contributed by atoms with van der Waals surface area (Å²) in [6.07, 6.45) is 3.58. The van der Waals surface area contributed by atoms with Crippen molar-refractivity contribution in [1.82, 2.24) is 15.1 Å². The number of rotatable bonds is 7. The maximum atomic E-state index is 12.3. The van der Waals surface area contributed by atoms with Crippen LogP contribution in [0.1, 0.15) is 24.2 Å². The van der Waals surface area contributed by atoms with E-state index in [0.717, 1.165) is 0 Å². The van der Waals surface area contributed by atoms with Crippen LogP contribution in [0.4, 0.5) is 0 Å². The first-order chi connectivity index (χ1) is 10.6. The third-order valence-corrected chi connectivity index (χ3v) is 3.12. The first-order valence-electron chi connectivity index (χ1n) is 7.23. The number of hydrogen-bond donors (Lipinski definition) is 1.